The summed E-state index contributed by atoms with van der Waals surface area (Å²) in [6.07, 6.45) is -2.36. The topological polar surface area (TPSA) is 69.7 Å². The number of para-hydroxylation sites is 1. The first-order valence-electron chi connectivity index (χ1n) is 6.70. The smallest absolute Gasteiger partial charge is 0.417 e. The molecule has 0 bridgehead atoms. The van der Waals surface area contributed by atoms with E-state index in [0.717, 1.165) is 12.1 Å². The summed E-state index contributed by atoms with van der Waals surface area (Å²) in [7, 11) is 0. The summed E-state index contributed by atoms with van der Waals surface area (Å²) in [6, 6.07) is 12.4. The number of benzene rings is 1. The van der Waals surface area contributed by atoms with Gasteiger partial charge in [0, 0.05) is 11.8 Å². The van der Waals surface area contributed by atoms with E-state index in [9.17, 15) is 18.4 Å². The second-order valence-corrected chi connectivity index (χ2v) is 4.58. The number of alkyl halides is 3. The summed E-state index contributed by atoms with van der Waals surface area (Å²) >= 11 is 0. The number of ether oxygens (including phenoxy) is 1. The van der Waals surface area contributed by atoms with Gasteiger partial charge in [0.15, 0.2) is 6.61 Å². The van der Waals surface area contributed by atoms with E-state index in [1.807, 2.05) is 12.1 Å². The van der Waals surface area contributed by atoms with Crippen LogP contribution in [0.4, 0.5) is 13.2 Å². The molecule has 0 N–H and O–H groups in total. The molecule has 0 aliphatic rings. The molecule has 120 valence electrons. The zero-order chi connectivity index (χ0) is 17.6. The molecule has 0 radical (unpaired) electrons. The molecule has 2 aromatic rings. The average molecular weight is 329 g/mol. The molecule has 0 amide bonds. The summed E-state index contributed by atoms with van der Waals surface area (Å²) in [5, 5.41) is 17.8. The maximum Gasteiger partial charge on any atom is 0.417 e. The van der Waals surface area contributed by atoms with Gasteiger partial charge in [0.2, 0.25) is 0 Å². The minimum absolute atomic E-state index is 0.0803. The van der Waals surface area contributed by atoms with E-state index in [2.05, 4.69) is 4.98 Å². The lowest BCUT2D eigenvalue weighted by Crippen LogP contribution is -2.05. The number of pyridine rings is 1. The Morgan fingerprint density at radius 3 is 2.50 bits per heavy atom. The lowest BCUT2D eigenvalue weighted by atomic mass is 10.1. The second kappa shape index (κ2) is 7.30. The number of nitrogens with zero attached hydrogens (tertiary/aromatic N) is 3. The van der Waals surface area contributed by atoms with Gasteiger partial charge in [-0.25, -0.2) is 0 Å². The first-order valence-corrected chi connectivity index (χ1v) is 6.70. The van der Waals surface area contributed by atoms with Crippen molar-refractivity contribution >= 4 is 11.6 Å². The van der Waals surface area contributed by atoms with Gasteiger partial charge in [-0.3, -0.25) is 4.98 Å². The molecule has 1 aromatic carbocycles. The molecule has 24 heavy (non-hydrogen) atoms. The summed E-state index contributed by atoms with van der Waals surface area (Å²) in [4.78, 5) is 3.70. The van der Waals surface area contributed by atoms with Gasteiger partial charge >= 0.3 is 6.18 Å². The third-order valence-electron chi connectivity index (χ3n) is 3.00. The number of nitriles is 2. The fourth-order valence-electron chi connectivity index (χ4n) is 1.88. The van der Waals surface area contributed by atoms with E-state index in [0.29, 0.717) is 17.5 Å². The molecule has 2 rings (SSSR count). The van der Waals surface area contributed by atoms with E-state index in [1.54, 1.807) is 24.3 Å². The fourth-order valence-corrected chi connectivity index (χ4v) is 1.88. The highest BCUT2D eigenvalue weighted by Gasteiger charge is 2.30. The normalized spacial score (nSPS) is 11.5. The Labute approximate surface area is 136 Å². The molecule has 0 unspecified atom stereocenters. The van der Waals surface area contributed by atoms with E-state index < -0.39 is 11.7 Å². The van der Waals surface area contributed by atoms with Crippen LogP contribution in [0.1, 0.15) is 16.8 Å². The van der Waals surface area contributed by atoms with Gasteiger partial charge < -0.3 is 4.74 Å². The number of aromatic nitrogens is 1. The first-order chi connectivity index (χ1) is 11.5. The number of allylic oxidation sites excluding steroid dienone is 1. The predicted octanol–water partition coefficient (Wildman–Crippen LogP) is 4.07. The third-order valence-corrected chi connectivity index (χ3v) is 3.00. The molecule has 0 fully saturated rings. The van der Waals surface area contributed by atoms with Gasteiger partial charge in [-0.1, -0.05) is 18.2 Å². The lowest BCUT2D eigenvalue weighted by molar-refractivity contribution is -0.137. The van der Waals surface area contributed by atoms with Crippen LogP contribution in [0.3, 0.4) is 0 Å². The minimum Gasteiger partial charge on any atom is -0.478 e. The Hall–Kier alpha value is -3.32. The molecule has 4 nitrogen and oxygen atoms in total. The van der Waals surface area contributed by atoms with Gasteiger partial charge in [-0.05, 0) is 24.3 Å². The summed E-state index contributed by atoms with van der Waals surface area (Å²) in [6.45, 7) is -0.161. The lowest BCUT2D eigenvalue weighted by Gasteiger charge is -2.08. The van der Waals surface area contributed by atoms with Crippen LogP contribution in [-0.2, 0) is 6.18 Å². The Morgan fingerprint density at radius 2 is 1.92 bits per heavy atom. The van der Waals surface area contributed by atoms with E-state index in [1.165, 1.54) is 6.08 Å². The van der Waals surface area contributed by atoms with Crippen molar-refractivity contribution < 1.29 is 17.9 Å². The quantitative estimate of drug-likeness (QED) is 0.793. The molecule has 0 aliphatic carbocycles. The zero-order valence-corrected chi connectivity index (χ0v) is 12.2. The Balaban J connectivity index is 2.37. The number of hydrogen-bond donors (Lipinski definition) is 0. The van der Waals surface area contributed by atoms with Crippen LogP contribution < -0.4 is 4.74 Å². The maximum atomic E-state index is 12.6. The average Bonchev–Trinajstić information content (AvgIpc) is 2.58. The van der Waals surface area contributed by atoms with Crippen molar-refractivity contribution in [3.63, 3.8) is 0 Å². The third kappa shape index (κ3) is 4.11. The predicted molar refractivity (Wildman–Crippen MR) is 80.3 cm³/mol. The molecule has 0 aliphatic heterocycles. The van der Waals surface area contributed by atoms with Crippen molar-refractivity contribution in [1.29, 1.82) is 10.5 Å². The number of hydrogen-bond acceptors (Lipinski definition) is 4. The molecular formula is C17H10F3N3O. The van der Waals surface area contributed by atoms with E-state index >= 15 is 0 Å². The fraction of sp³-hybridized carbons (Fsp3) is 0.118. The second-order valence-electron chi connectivity index (χ2n) is 4.58. The zero-order valence-electron chi connectivity index (χ0n) is 12.2. The van der Waals surface area contributed by atoms with Crippen molar-refractivity contribution in [3.8, 4) is 17.9 Å². The molecule has 7 heteroatoms. The van der Waals surface area contributed by atoms with Crippen molar-refractivity contribution in [2.45, 2.75) is 6.18 Å². The SMILES string of the molecule is N#CCOc1ccccc1/C=C(\C#N)c1ccc(C(F)(F)F)cn1. The Bertz CT molecular complexity index is 828. The van der Waals surface area contributed by atoms with Crippen LogP contribution in [0.25, 0.3) is 11.6 Å². The van der Waals surface area contributed by atoms with Crippen LogP contribution in [0.2, 0.25) is 0 Å². The van der Waals surface area contributed by atoms with Gasteiger partial charge in [-0.15, -0.1) is 0 Å². The highest BCUT2D eigenvalue weighted by atomic mass is 19.4. The van der Waals surface area contributed by atoms with E-state index in [-0.39, 0.29) is 17.9 Å². The monoisotopic (exact) mass is 329 g/mol. The molecule has 0 saturated carbocycles. The Kier molecular flexibility index (Phi) is 5.18. The largest absolute Gasteiger partial charge is 0.478 e. The standard InChI is InChI=1S/C17H10F3N3O/c18-17(19,20)14-5-6-15(23-11-14)13(10-22)9-12-3-1-2-4-16(12)24-8-7-21/h1-6,9,11H,8H2/b13-9+. The van der Waals surface area contributed by atoms with Crippen LogP contribution in [0.5, 0.6) is 5.75 Å². The van der Waals surface area contributed by atoms with Crippen LogP contribution in [-0.4, -0.2) is 11.6 Å². The molecule has 0 saturated heterocycles. The van der Waals surface area contributed by atoms with Crippen molar-refractivity contribution in [3.05, 3.63) is 59.4 Å². The molecule has 0 spiro atoms. The summed E-state index contributed by atoms with van der Waals surface area (Å²) < 4.78 is 42.9. The highest BCUT2D eigenvalue weighted by molar-refractivity contribution is 5.89. The first kappa shape index (κ1) is 17.0. The van der Waals surface area contributed by atoms with Crippen LogP contribution in [0.15, 0.2) is 42.6 Å². The van der Waals surface area contributed by atoms with Gasteiger partial charge in [0.05, 0.1) is 16.8 Å². The van der Waals surface area contributed by atoms with E-state index in [4.69, 9.17) is 10.00 Å². The molecule has 1 aromatic heterocycles. The summed E-state index contributed by atoms with van der Waals surface area (Å²) in [5.74, 6) is 0.388. The van der Waals surface area contributed by atoms with Gasteiger partial charge in [0.25, 0.3) is 0 Å². The Morgan fingerprint density at radius 1 is 1.17 bits per heavy atom. The molecule has 0 atom stereocenters. The van der Waals surface area contributed by atoms with Crippen LogP contribution >= 0.6 is 0 Å². The maximum absolute atomic E-state index is 12.6. The highest BCUT2D eigenvalue weighted by Crippen LogP contribution is 2.29. The van der Waals surface area contributed by atoms with Crippen LogP contribution in [0, 0.1) is 22.7 Å². The van der Waals surface area contributed by atoms with Crippen molar-refractivity contribution in [1.82, 2.24) is 4.98 Å². The molecular weight excluding hydrogens is 319 g/mol. The number of rotatable bonds is 4. The number of halogens is 3. The van der Waals surface area contributed by atoms with Crippen molar-refractivity contribution in [2.24, 2.45) is 0 Å². The summed E-state index contributed by atoms with van der Waals surface area (Å²) in [5.41, 5.74) is -0.176. The van der Waals surface area contributed by atoms with Crippen molar-refractivity contribution in [2.75, 3.05) is 6.61 Å². The molecule has 1 heterocycles. The van der Waals surface area contributed by atoms with Gasteiger partial charge in [0.1, 0.15) is 17.9 Å². The minimum atomic E-state index is -4.49. The van der Waals surface area contributed by atoms with Gasteiger partial charge in [-0.2, -0.15) is 23.7 Å².